The van der Waals surface area contributed by atoms with E-state index in [4.69, 9.17) is 11.6 Å². The Balaban J connectivity index is 1.60. The van der Waals surface area contributed by atoms with Crippen molar-refractivity contribution in [3.05, 3.63) is 64.4 Å². The van der Waals surface area contributed by atoms with Crippen LogP contribution in [0.3, 0.4) is 0 Å². The smallest absolute Gasteiger partial charge is 0.238 e. The third-order valence-electron chi connectivity index (χ3n) is 4.09. The number of pyridine rings is 1. The molecule has 6 nitrogen and oxygen atoms in total. The van der Waals surface area contributed by atoms with E-state index in [0.29, 0.717) is 29.0 Å². The summed E-state index contributed by atoms with van der Waals surface area (Å²) in [5, 5.41) is 10.7. The number of nitrogens with one attached hydrogen (secondary N) is 1. The second kappa shape index (κ2) is 6.65. The number of aromatic nitrogens is 3. The second-order valence-corrected chi connectivity index (χ2v) is 6.46. The van der Waals surface area contributed by atoms with Gasteiger partial charge in [-0.2, -0.15) is 4.98 Å². The zero-order valence-corrected chi connectivity index (χ0v) is 14.8. The minimum atomic E-state index is -0.0655. The molecule has 3 aromatic rings. The fourth-order valence-electron chi connectivity index (χ4n) is 2.80. The van der Waals surface area contributed by atoms with Crippen LogP contribution in [0.1, 0.15) is 16.8 Å². The van der Waals surface area contributed by atoms with Gasteiger partial charge in [0, 0.05) is 37.1 Å². The zero-order chi connectivity index (χ0) is 18.1. The SMILES string of the molecule is CN(Cc1ccccc1)c1nc(O)c(C=C2C=Nc3ncc(Cl)cc32)[nH]1. The first-order chi connectivity index (χ1) is 12.6. The summed E-state index contributed by atoms with van der Waals surface area (Å²) in [6.07, 6.45) is 5.04. The molecule has 2 aromatic heterocycles. The number of anilines is 1. The molecule has 0 bridgehead atoms. The summed E-state index contributed by atoms with van der Waals surface area (Å²) in [6.45, 7) is 0.674. The molecule has 26 heavy (non-hydrogen) atoms. The number of imidazole rings is 1. The molecule has 4 rings (SSSR count). The number of hydrogen-bond acceptors (Lipinski definition) is 5. The predicted molar refractivity (Wildman–Crippen MR) is 104 cm³/mol. The predicted octanol–water partition coefficient (Wildman–Crippen LogP) is 4.06. The summed E-state index contributed by atoms with van der Waals surface area (Å²) < 4.78 is 0. The molecule has 130 valence electrons. The van der Waals surface area contributed by atoms with Gasteiger partial charge >= 0.3 is 0 Å². The Bertz CT molecular complexity index is 1010. The molecule has 0 saturated heterocycles. The lowest BCUT2D eigenvalue weighted by Crippen LogP contribution is -2.17. The van der Waals surface area contributed by atoms with Crippen LogP contribution in [0.15, 0.2) is 47.6 Å². The Labute approximate surface area is 155 Å². The van der Waals surface area contributed by atoms with Crippen LogP contribution >= 0.6 is 11.6 Å². The van der Waals surface area contributed by atoms with E-state index in [9.17, 15) is 5.11 Å². The Morgan fingerprint density at radius 2 is 2.08 bits per heavy atom. The molecule has 0 spiro atoms. The van der Waals surface area contributed by atoms with Crippen LogP contribution in [0.4, 0.5) is 11.8 Å². The third kappa shape index (κ3) is 3.19. The monoisotopic (exact) mass is 365 g/mol. The minimum Gasteiger partial charge on any atom is -0.492 e. The summed E-state index contributed by atoms with van der Waals surface area (Å²) in [7, 11) is 1.91. The summed E-state index contributed by atoms with van der Waals surface area (Å²) in [5.41, 5.74) is 3.30. The standard InChI is InChI=1S/C19H16ClN5O/c1-25(11-12-5-3-2-4-6-12)19-23-16(18(26)24-19)7-13-9-21-17-15(13)8-14(20)10-22-17/h2-10,26H,11H2,1H3,(H,23,24). The quantitative estimate of drug-likeness (QED) is 0.731. The molecule has 0 atom stereocenters. The van der Waals surface area contributed by atoms with Gasteiger partial charge in [-0.1, -0.05) is 41.9 Å². The van der Waals surface area contributed by atoms with Crippen LogP contribution in [0.5, 0.6) is 5.88 Å². The largest absolute Gasteiger partial charge is 0.492 e. The summed E-state index contributed by atoms with van der Waals surface area (Å²) in [5.74, 6) is 1.13. The van der Waals surface area contributed by atoms with Gasteiger partial charge in [0.1, 0.15) is 5.69 Å². The van der Waals surface area contributed by atoms with Gasteiger partial charge in [0.05, 0.1) is 5.02 Å². The maximum Gasteiger partial charge on any atom is 0.238 e. The summed E-state index contributed by atoms with van der Waals surface area (Å²) in [6, 6.07) is 11.9. The first-order valence-electron chi connectivity index (χ1n) is 8.06. The van der Waals surface area contributed by atoms with Crippen molar-refractivity contribution >= 4 is 41.2 Å². The van der Waals surface area contributed by atoms with Crippen LogP contribution in [-0.2, 0) is 6.54 Å². The maximum atomic E-state index is 10.2. The number of aromatic hydroxyl groups is 1. The van der Waals surface area contributed by atoms with Crippen molar-refractivity contribution in [2.24, 2.45) is 4.99 Å². The van der Waals surface area contributed by atoms with Gasteiger partial charge in [0.25, 0.3) is 0 Å². The van der Waals surface area contributed by atoms with Gasteiger partial charge < -0.3 is 15.0 Å². The van der Waals surface area contributed by atoms with Crippen molar-refractivity contribution in [2.75, 3.05) is 11.9 Å². The topological polar surface area (TPSA) is 77.4 Å². The molecule has 7 heteroatoms. The molecule has 0 saturated carbocycles. The number of halogens is 1. The fraction of sp³-hybridized carbons (Fsp3) is 0.105. The average molecular weight is 366 g/mol. The number of aromatic amines is 1. The van der Waals surface area contributed by atoms with Crippen molar-refractivity contribution in [3.8, 4) is 5.88 Å². The second-order valence-electron chi connectivity index (χ2n) is 6.02. The van der Waals surface area contributed by atoms with E-state index in [-0.39, 0.29) is 5.88 Å². The van der Waals surface area contributed by atoms with E-state index >= 15 is 0 Å². The first-order valence-corrected chi connectivity index (χ1v) is 8.43. The number of benzene rings is 1. The molecule has 0 aliphatic carbocycles. The lowest BCUT2D eigenvalue weighted by Gasteiger charge is -2.15. The minimum absolute atomic E-state index is 0.0655. The molecule has 1 aromatic carbocycles. The molecule has 0 amide bonds. The Hall–Kier alpha value is -3.12. The van der Waals surface area contributed by atoms with E-state index < -0.39 is 0 Å². The molecule has 0 radical (unpaired) electrons. The number of nitrogens with zero attached hydrogens (tertiary/aromatic N) is 4. The molecule has 2 N–H and O–H groups in total. The van der Waals surface area contributed by atoms with Crippen molar-refractivity contribution < 1.29 is 5.11 Å². The van der Waals surface area contributed by atoms with Gasteiger partial charge in [0.15, 0.2) is 5.82 Å². The molecular formula is C19H16ClN5O. The van der Waals surface area contributed by atoms with Gasteiger partial charge in [-0.3, -0.25) is 0 Å². The van der Waals surface area contributed by atoms with Crippen LogP contribution in [-0.4, -0.2) is 33.3 Å². The molecule has 0 unspecified atom stereocenters. The van der Waals surface area contributed by atoms with Crippen LogP contribution in [0, 0.1) is 0 Å². The average Bonchev–Trinajstić information content (AvgIpc) is 3.20. The van der Waals surface area contributed by atoms with Crippen LogP contribution < -0.4 is 4.90 Å². The third-order valence-corrected chi connectivity index (χ3v) is 4.30. The van der Waals surface area contributed by atoms with E-state index in [1.54, 1.807) is 24.6 Å². The highest BCUT2D eigenvalue weighted by Gasteiger charge is 2.17. The van der Waals surface area contributed by atoms with Gasteiger partial charge in [-0.05, 0) is 17.7 Å². The Morgan fingerprint density at radius 1 is 1.27 bits per heavy atom. The van der Waals surface area contributed by atoms with Crippen molar-refractivity contribution in [2.45, 2.75) is 6.54 Å². The van der Waals surface area contributed by atoms with E-state index in [1.165, 1.54) is 0 Å². The normalized spacial score (nSPS) is 14.0. The highest BCUT2D eigenvalue weighted by atomic mass is 35.5. The Morgan fingerprint density at radius 3 is 2.88 bits per heavy atom. The first kappa shape index (κ1) is 16.4. The number of hydrogen-bond donors (Lipinski definition) is 2. The van der Waals surface area contributed by atoms with E-state index in [2.05, 4.69) is 19.9 Å². The maximum absolute atomic E-state index is 10.2. The summed E-state index contributed by atoms with van der Waals surface area (Å²) in [4.78, 5) is 17.7. The van der Waals surface area contributed by atoms with E-state index in [0.717, 1.165) is 16.7 Å². The molecule has 3 heterocycles. The van der Waals surface area contributed by atoms with Crippen LogP contribution in [0.2, 0.25) is 5.02 Å². The molecular weight excluding hydrogens is 350 g/mol. The van der Waals surface area contributed by atoms with Crippen molar-refractivity contribution in [1.82, 2.24) is 15.0 Å². The lowest BCUT2D eigenvalue weighted by atomic mass is 10.1. The summed E-state index contributed by atoms with van der Waals surface area (Å²) >= 11 is 6.02. The zero-order valence-electron chi connectivity index (χ0n) is 14.0. The fourth-order valence-corrected chi connectivity index (χ4v) is 2.95. The molecule has 0 fully saturated rings. The number of aliphatic imine (C=N–C) groups is 1. The van der Waals surface area contributed by atoms with E-state index in [1.807, 2.05) is 42.3 Å². The molecule has 1 aliphatic rings. The van der Waals surface area contributed by atoms with Crippen molar-refractivity contribution in [3.63, 3.8) is 0 Å². The van der Waals surface area contributed by atoms with Crippen molar-refractivity contribution in [1.29, 1.82) is 0 Å². The van der Waals surface area contributed by atoms with Gasteiger partial charge in [-0.15, -0.1) is 0 Å². The Kier molecular flexibility index (Phi) is 4.18. The van der Waals surface area contributed by atoms with Gasteiger partial charge in [-0.25, -0.2) is 9.98 Å². The molecule has 1 aliphatic heterocycles. The number of fused-ring (bicyclic) bond motifs is 1. The highest BCUT2D eigenvalue weighted by molar-refractivity contribution is 6.31. The number of allylic oxidation sites excluding steroid dienone is 1. The lowest BCUT2D eigenvalue weighted by molar-refractivity contribution is 0.455. The van der Waals surface area contributed by atoms with Crippen LogP contribution in [0.25, 0.3) is 11.6 Å². The highest BCUT2D eigenvalue weighted by Crippen LogP contribution is 2.33. The van der Waals surface area contributed by atoms with Gasteiger partial charge in [0.2, 0.25) is 11.8 Å². The number of rotatable bonds is 4. The number of H-pyrrole nitrogens is 1.